The minimum atomic E-state index is -2.62. The van der Waals surface area contributed by atoms with E-state index in [-0.39, 0.29) is 5.41 Å². The van der Waals surface area contributed by atoms with Crippen LogP contribution in [0.5, 0.6) is 5.75 Å². The summed E-state index contributed by atoms with van der Waals surface area (Å²) in [6.45, 7) is 4.52. The van der Waals surface area contributed by atoms with Gasteiger partial charge in [0.1, 0.15) is 16.9 Å². The van der Waals surface area contributed by atoms with E-state index in [2.05, 4.69) is 88.5 Å². The average Bonchev–Trinajstić information content (AvgIpc) is 3.52. The minimum Gasteiger partial charge on any atom is -0.458 e. The molecular weight excluding hydrogens is 602 g/mol. The summed E-state index contributed by atoms with van der Waals surface area (Å²) >= 11 is 8.21. The zero-order chi connectivity index (χ0) is 30.3. The van der Waals surface area contributed by atoms with Crippen molar-refractivity contribution in [2.24, 2.45) is 5.10 Å². The molecule has 6 nitrogen and oxygen atoms in total. The Hall–Kier alpha value is -3.84. The van der Waals surface area contributed by atoms with E-state index in [4.69, 9.17) is 16.3 Å². The summed E-state index contributed by atoms with van der Waals surface area (Å²) in [5.41, 5.74) is 8.97. The summed E-state index contributed by atoms with van der Waals surface area (Å²) < 4.78 is 6.76. The number of hydrogen-bond donors (Lipinski definition) is 1. The van der Waals surface area contributed by atoms with Crippen LogP contribution in [0.3, 0.4) is 0 Å². The van der Waals surface area contributed by atoms with Gasteiger partial charge in [-0.2, -0.15) is 5.10 Å². The van der Waals surface area contributed by atoms with Gasteiger partial charge in [0.2, 0.25) is 0 Å². The molecule has 9 heteroatoms. The van der Waals surface area contributed by atoms with E-state index in [0.29, 0.717) is 0 Å². The molecule has 0 saturated heterocycles. The van der Waals surface area contributed by atoms with Gasteiger partial charge in [0.05, 0.1) is 11.6 Å². The van der Waals surface area contributed by atoms with Crippen molar-refractivity contribution in [3.8, 4) is 5.75 Å². The maximum atomic E-state index is 6.76. The number of hydrazone groups is 1. The minimum absolute atomic E-state index is 0.196. The van der Waals surface area contributed by atoms with Gasteiger partial charge in [0, 0.05) is 39.8 Å². The second kappa shape index (κ2) is 11.6. The van der Waals surface area contributed by atoms with Crippen molar-refractivity contribution in [3.05, 3.63) is 118 Å². The van der Waals surface area contributed by atoms with Crippen molar-refractivity contribution in [2.45, 2.75) is 44.9 Å². The average molecular weight is 636 g/mol. The Kier molecular flexibility index (Phi) is 7.61. The van der Waals surface area contributed by atoms with Crippen LogP contribution >= 0.6 is 17.6 Å². The number of fused-ring (bicyclic) bond motifs is 4. The molecule has 2 aromatic heterocycles. The first kappa shape index (κ1) is 28.9. The smallest absolute Gasteiger partial charge is 0.166 e. The number of allylic oxidation sites excluding steroid dienone is 1. The predicted molar refractivity (Wildman–Crippen MR) is 189 cm³/mol. The SMILES string of the molecule is CN1/C(=C\P(=S)(Oc2ccc(/C=N/Nc3ncnc4sc5c(c34)CCCC5)cc2)c2ccccc2)C(C)(C)c2ccccc21. The lowest BCUT2D eigenvalue weighted by Gasteiger charge is -2.28. The van der Waals surface area contributed by atoms with Crippen LogP contribution in [-0.4, -0.2) is 23.2 Å². The molecule has 1 N–H and O–H groups in total. The van der Waals surface area contributed by atoms with Crippen LogP contribution in [0, 0.1) is 0 Å². The third-order valence-corrected chi connectivity index (χ3v) is 13.1. The predicted octanol–water partition coefficient (Wildman–Crippen LogP) is 8.38. The molecule has 7 rings (SSSR count). The number of aromatic nitrogens is 2. The first-order valence-electron chi connectivity index (χ1n) is 14.9. The van der Waals surface area contributed by atoms with Crippen LogP contribution in [-0.2, 0) is 30.1 Å². The maximum Gasteiger partial charge on any atom is 0.166 e. The second-order valence-electron chi connectivity index (χ2n) is 11.8. The van der Waals surface area contributed by atoms with Crippen LogP contribution in [0.1, 0.15) is 48.3 Å². The Labute approximate surface area is 267 Å². The second-order valence-corrected chi connectivity index (χ2v) is 16.7. The standard InChI is InChI=1S/C35H34N5OPS2/c1-35(2)28-14-8-9-15-29(28)40(3)31(35)22-42(43,26-11-5-4-6-12-26)41-25-19-17-24(18-20-25)21-38-39-33-32-27-13-7-10-16-30(27)44-34(32)37-23-36-33/h4-6,8-9,11-12,14-15,17-23H,7,10,13,16H2,1-3H3,(H,36,37,39)/b31-22-,38-21+. The monoisotopic (exact) mass is 635 g/mol. The zero-order valence-electron chi connectivity index (χ0n) is 25.0. The lowest BCUT2D eigenvalue weighted by molar-refractivity contribution is 0.619. The molecule has 222 valence electrons. The Morgan fingerprint density at radius 3 is 2.52 bits per heavy atom. The van der Waals surface area contributed by atoms with Crippen molar-refractivity contribution in [3.63, 3.8) is 0 Å². The normalized spacial score (nSPS) is 17.9. The largest absolute Gasteiger partial charge is 0.458 e. The number of likely N-dealkylation sites (N-methyl/N-ethyl adjacent to an activating group) is 1. The fraction of sp³-hybridized carbons (Fsp3) is 0.229. The third-order valence-electron chi connectivity index (χ3n) is 8.61. The molecular formula is C35H34N5OPS2. The molecule has 1 aliphatic carbocycles. The van der Waals surface area contributed by atoms with Crippen molar-refractivity contribution in [1.82, 2.24) is 9.97 Å². The summed E-state index contributed by atoms with van der Waals surface area (Å²) in [6.07, 6.45) is 5.46. The van der Waals surface area contributed by atoms with Gasteiger partial charge in [0.15, 0.2) is 12.1 Å². The van der Waals surface area contributed by atoms with E-state index >= 15 is 0 Å². The summed E-state index contributed by atoms with van der Waals surface area (Å²) in [5.74, 6) is 3.71. The number of para-hydroxylation sites is 1. The highest BCUT2D eigenvalue weighted by Gasteiger charge is 2.40. The van der Waals surface area contributed by atoms with E-state index in [1.54, 1.807) is 23.9 Å². The topological polar surface area (TPSA) is 62.6 Å². The van der Waals surface area contributed by atoms with Crippen LogP contribution in [0.4, 0.5) is 11.5 Å². The Morgan fingerprint density at radius 2 is 1.73 bits per heavy atom. The molecule has 0 spiro atoms. The fourth-order valence-electron chi connectivity index (χ4n) is 6.29. The number of nitrogens with zero attached hydrogens (tertiary/aromatic N) is 4. The molecule has 0 radical (unpaired) electrons. The zero-order valence-corrected chi connectivity index (χ0v) is 27.6. The molecule has 1 unspecified atom stereocenters. The van der Waals surface area contributed by atoms with E-state index in [9.17, 15) is 0 Å². The lowest BCUT2D eigenvalue weighted by atomic mass is 9.84. The highest BCUT2D eigenvalue weighted by molar-refractivity contribution is 8.17. The van der Waals surface area contributed by atoms with Gasteiger partial charge < -0.3 is 9.42 Å². The molecule has 5 aromatic rings. The van der Waals surface area contributed by atoms with Gasteiger partial charge in [-0.1, -0.05) is 62.4 Å². The molecule has 3 heterocycles. The maximum absolute atomic E-state index is 6.76. The molecule has 3 aromatic carbocycles. The Balaban J connectivity index is 1.14. The van der Waals surface area contributed by atoms with Gasteiger partial charge in [-0.25, -0.2) is 9.97 Å². The van der Waals surface area contributed by atoms with Crippen LogP contribution in [0.2, 0.25) is 0 Å². The fourth-order valence-corrected chi connectivity index (χ4v) is 10.6. The molecule has 0 amide bonds. The first-order chi connectivity index (χ1) is 21.3. The van der Waals surface area contributed by atoms with Gasteiger partial charge in [-0.05, 0) is 84.5 Å². The number of rotatable bonds is 7. The molecule has 2 aliphatic rings. The third kappa shape index (κ3) is 5.25. The molecule has 1 atom stereocenters. The number of aryl methyl sites for hydroxylation is 2. The first-order valence-corrected chi connectivity index (χ1v) is 18.5. The molecule has 44 heavy (non-hydrogen) atoms. The summed E-state index contributed by atoms with van der Waals surface area (Å²) in [5, 5.41) is 6.66. The van der Waals surface area contributed by atoms with E-state index in [1.807, 2.05) is 42.5 Å². The van der Waals surface area contributed by atoms with Crippen LogP contribution in [0.15, 0.2) is 102 Å². The summed E-state index contributed by atoms with van der Waals surface area (Å²) in [7, 11) is 2.12. The van der Waals surface area contributed by atoms with Gasteiger partial charge in [-0.3, -0.25) is 5.43 Å². The molecule has 0 fully saturated rings. The summed E-state index contributed by atoms with van der Waals surface area (Å²) in [6, 6.07) is 26.7. The lowest BCUT2D eigenvalue weighted by Crippen LogP contribution is -2.24. The van der Waals surface area contributed by atoms with Crippen LogP contribution in [0.25, 0.3) is 10.2 Å². The quantitative estimate of drug-likeness (QED) is 0.110. The number of nitrogens with one attached hydrogen (secondary N) is 1. The van der Waals surface area contributed by atoms with Crippen molar-refractivity contribution < 1.29 is 4.52 Å². The molecule has 0 bridgehead atoms. The highest BCUT2D eigenvalue weighted by Crippen LogP contribution is 2.55. The molecule has 0 saturated carbocycles. The number of hydrogen-bond acceptors (Lipinski definition) is 8. The van der Waals surface area contributed by atoms with Gasteiger partial charge in [-0.15, -0.1) is 11.3 Å². The number of thiophene rings is 1. The van der Waals surface area contributed by atoms with E-state index < -0.39 is 6.26 Å². The van der Waals surface area contributed by atoms with Crippen molar-refractivity contribution >= 4 is 62.6 Å². The van der Waals surface area contributed by atoms with E-state index in [1.165, 1.54) is 34.5 Å². The molecule has 1 aliphatic heterocycles. The van der Waals surface area contributed by atoms with Crippen molar-refractivity contribution in [2.75, 3.05) is 17.4 Å². The number of benzene rings is 3. The summed E-state index contributed by atoms with van der Waals surface area (Å²) in [4.78, 5) is 13.8. The Morgan fingerprint density at radius 1 is 0.977 bits per heavy atom. The number of anilines is 2. The van der Waals surface area contributed by atoms with Gasteiger partial charge >= 0.3 is 0 Å². The van der Waals surface area contributed by atoms with Crippen molar-refractivity contribution in [1.29, 1.82) is 0 Å². The van der Waals surface area contributed by atoms with E-state index in [0.717, 1.165) is 51.2 Å². The highest BCUT2D eigenvalue weighted by atomic mass is 32.4. The Bertz CT molecular complexity index is 1950. The van der Waals surface area contributed by atoms with Crippen LogP contribution < -0.4 is 20.2 Å². The van der Waals surface area contributed by atoms with Gasteiger partial charge in [0.25, 0.3) is 0 Å².